The van der Waals surface area contributed by atoms with Crippen LogP contribution < -0.4 is 15.2 Å². The van der Waals surface area contributed by atoms with Gasteiger partial charge in [-0.25, -0.2) is 0 Å². The van der Waals surface area contributed by atoms with Crippen molar-refractivity contribution >= 4 is 0 Å². The summed E-state index contributed by atoms with van der Waals surface area (Å²) in [4.78, 5) is 0. The second kappa shape index (κ2) is 6.14. The van der Waals surface area contributed by atoms with Crippen molar-refractivity contribution in [2.75, 3.05) is 7.11 Å². The van der Waals surface area contributed by atoms with Crippen LogP contribution >= 0.6 is 0 Å². The van der Waals surface area contributed by atoms with Crippen LogP contribution in [0.2, 0.25) is 0 Å². The Balaban J connectivity index is 3.03. The van der Waals surface area contributed by atoms with E-state index in [1.165, 1.54) is 20.1 Å². The van der Waals surface area contributed by atoms with Crippen molar-refractivity contribution < 1.29 is 22.6 Å². The minimum atomic E-state index is -4.53. The van der Waals surface area contributed by atoms with Crippen LogP contribution in [-0.2, 0) is 6.42 Å². The van der Waals surface area contributed by atoms with Gasteiger partial charge in [0.25, 0.3) is 0 Å². The predicted molar refractivity (Wildman–Crippen MR) is 66.5 cm³/mol. The largest absolute Gasteiger partial charge is 0.493 e. The lowest BCUT2D eigenvalue weighted by Crippen LogP contribution is -2.47. The van der Waals surface area contributed by atoms with Gasteiger partial charge in [0.2, 0.25) is 6.10 Å². The molecule has 1 aromatic rings. The topological polar surface area (TPSA) is 44.5 Å². The molecule has 3 nitrogen and oxygen atoms in total. The Morgan fingerprint density at radius 2 is 1.89 bits per heavy atom. The van der Waals surface area contributed by atoms with Crippen LogP contribution in [0.15, 0.2) is 18.2 Å². The molecule has 1 aromatic carbocycles. The summed E-state index contributed by atoms with van der Waals surface area (Å²) in [5.41, 5.74) is 6.28. The van der Waals surface area contributed by atoms with E-state index in [1.807, 2.05) is 6.92 Å². The summed E-state index contributed by atoms with van der Waals surface area (Å²) in [6.07, 6.45) is -5.83. The van der Waals surface area contributed by atoms with Crippen molar-refractivity contribution in [3.63, 3.8) is 0 Å². The van der Waals surface area contributed by atoms with Crippen molar-refractivity contribution in [3.8, 4) is 11.5 Å². The van der Waals surface area contributed by atoms with Crippen LogP contribution in [0.5, 0.6) is 11.5 Å². The number of hydrogen-bond donors (Lipinski definition) is 1. The van der Waals surface area contributed by atoms with E-state index < -0.39 is 18.3 Å². The molecular formula is C13H18F3NO2. The Labute approximate surface area is 110 Å². The molecule has 1 rings (SSSR count). The van der Waals surface area contributed by atoms with Gasteiger partial charge >= 0.3 is 6.18 Å². The number of ether oxygens (including phenoxy) is 2. The number of rotatable bonds is 5. The molecule has 0 aliphatic heterocycles. The number of halogens is 3. The van der Waals surface area contributed by atoms with Gasteiger partial charge in [0.1, 0.15) is 0 Å². The quantitative estimate of drug-likeness (QED) is 0.900. The zero-order chi connectivity index (χ0) is 14.6. The van der Waals surface area contributed by atoms with E-state index in [0.29, 0.717) is 0 Å². The molecule has 2 N–H and O–H groups in total. The highest BCUT2D eigenvalue weighted by Crippen LogP contribution is 2.33. The lowest BCUT2D eigenvalue weighted by atomic mass is 10.1. The van der Waals surface area contributed by atoms with E-state index in [2.05, 4.69) is 0 Å². The number of alkyl halides is 3. The van der Waals surface area contributed by atoms with Gasteiger partial charge in [-0.05, 0) is 31.0 Å². The predicted octanol–water partition coefficient (Wildman–Crippen LogP) is 2.91. The van der Waals surface area contributed by atoms with E-state index in [9.17, 15) is 13.2 Å². The Morgan fingerprint density at radius 1 is 1.26 bits per heavy atom. The summed E-state index contributed by atoms with van der Waals surface area (Å²) < 4.78 is 48.4. The first-order valence-corrected chi connectivity index (χ1v) is 5.95. The Hall–Kier alpha value is -1.43. The molecule has 0 amide bonds. The van der Waals surface area contributed by atoms with Gasteiger partial charge in [-0.15, -0.1) is 0 Å². The normalized spacial score (nSPS) is 14.9. The number of benzene rings is 1. The molecule has 0 spiro atoms. The van der Waals surface area contributed by atoms with Gasteiger partial charge in [-0.1, -0.05) is 13.0 Å². The van der Waals surface area contributed by atoms with Crippen LogP contribution in [0.3, 0.4) is 0 Å². The number of nitrogens with two attached hydrogens (primary N) is 1. The van der Waals surface area contributed by atoms with Gasteiger partial charge in [0, 0.05) is 6.04 Å². The third-order valence-electron chi connectivity index (χ3n) is 2.69. The monoisotopic (exact) mass is 277 g/mol. The second-order valence-corrected chi connectivity index (χ2v) is 4.28. The van der Waals surface area contributed by atoms with Crippen molar-refractivity contribution in [2.45, 2.75) is 38.6 Å². The van der Waals surface area contributed by atoms with E-state index in [0.717, 1.165) is 12.0 Å². The first-order valence-electron chi connectivity index (χ1n) is 5.95. The maximum Gasteiger partial charge on any atom is 0.426 e. The minimum Gasteiger partial charge on any atom is -0.493 e. The fraction of sp³-hybridized carbons (Fsp3) is 0.538. The van der Waals surface area contributed by atoms with Gasteiger partial charge in [-0.2, -0.15) is 13.2 Å². The third kappa shape index (κ3) is 4.02. The highest BCUT2D eigenvalue weighted by molar-refractivity contribution is 5.43. The molecule has 0 saturated carbocycles. The van der Waals surface area contributed by atoms with E-state index >= 15 is 0 Å². The van der Waals surface area contributed by atoms with E-state index in [4.69, 9.17) is 15.2 Å². The molecule has 0 radical (unpaired) electrons. The van der Waals surface area contributed by atoms with E-state index in [1.54, 1.807) is 12.1 Å². The molecule has 0 fully saturated rings. The average Bonchev–Trinajstić information content (AvgIpc) is 2.33. The zero-order valence-electron chi connectivity index (χ0n) is 11.1. The number of hydrogen-bond acceptors (Lipinski definition) is 3. The molecule has 6 heteroatoms. The second-order valence-electron chi connectivity index (χ2n) is 4.28. The fourth-order valence-corrected chi connectivity index (χ4v) is 1.64. The van der Waals surface area contributed by atoms with Crippen LogP contribution in [0, 0.1) is 0 Å². The SMILES string of the molecule is CCc1ccc(OC(C(C)N)C(F)(F)F)c(OC)c1. The van der Waals surface area contributed by atoms with Gasteiger partial charge in [0.15, 0.2) is 11.5 Å². The average molecular weight is 277 g/mol. The Kier molecular flexibility index (Phi) is 5.05. The molecule has 108 valence electrons. The molecule has 0 heterocycles. The highest BCUT2D eigenvalue weighted by atomic mass is 19.4. The summed E-state index contributed by atoms with van der Waals surface area (Å²) in [7, 11) is 1.39. The van der Waals surface area contributed by atoms with Gasteiger partial charge in [-0.3, -0.25) is 0 Å². The lowest BCUT2D eigenvalue weighted by Gasteiger charge is -2.25. The minimum absolute atomic E-state index is 0.0410. The fourth-order valence-electron chi connectivity index (χ4n) is 1.64. The molecule has 2 unspecified atom stereocenters. The van der Waals surface area contributed by atoms with Crippen molar-refractivity contribution in [2.24, 2.45) is 5.73 Å². The Morgan fingerprint density at radius 3 is 2.32 bits per heavy atom. The summed E-state index contributed by atoms with van der Waals surface area (Å²) >= 11 is 0. The third-order valence-corrected chi connectivity index (χ3v) is 2.69. The molecule has 19 heavy (non-hydrogen) atoms. The standard InChI is InChI=1S/C13H18F3NO2/c1-4-9-5-6-10(11(7-9)18-3)19-12(8(2)17)13(14,15)16/h5-8,12H,4,17H2,1-3H3. The number of aryl methyl sites for hydroxylation is 1. The van der Waals surface area contributed by atoms with Gasteiger partial charge in [0.05, 0.1) is 7.11 Å². The molecule has 0 aliphatic rings. The molecule has 0 saturated heterocycles. The first kappa shape index (κ1) is 15.6. The van der Waals surface area contributed by atoms with E-state index in [-0.39, 0.29) is 11.5 Å². The van der Waals surface area contributed by atoms with Crippen molar-refractivity contribution in [3.05, 3.63) is 23.8 Å². The Bertz CT molecular complexity index is 419. The molecular weight excluding hydrogens is 259 g/mol. The molecule has 0 aliphatic carbocycles. The van der Waals surface area contributed by atoms with Crippen LogP contribution in [-0.4, -0.2) is 25.4 Å². The summed E-state index contributed by atoms with van der Waals surface area (Å²) in [6, 6.07) is 3.66. The summed E-state index contributed by atoms with van der Waals surface area (Å²) in [5.74, 6) is 0.313. The molecule has 0 aromatic heterocycles. The number of methoxy groups -OCH3 is 1. The van der Waals surface area contributed by atoms with Crippen LogP contribution in [0.25, 0.3) is 0 Å². The van der Waals surface area contributed by atoms with Crippen LogP contribution in [0.1, 0.15) is 19.4 Å². The maximum atomic E-state index is 12.8. The summed E-state index contributed by atoms with van der Waals surface area (Å²) in [6.45, 7) is 3.20. The maximum absolute atomic E-state index is 12.8. The van der Waals surface area contributed by atoms with Crippen molar-refractivity contribution in [1.82, 2.24) is 0 Å². The lowest BCUT2D eigenvalue weighted by molar-refractivity contribution is -0.199. The molecule has 2 atom stereocenters. The summed E-state index contributed by atoms with van der Waals surface area (Å²) in [5, 5.41) is 0. The zero-order valence-corrected chi connectivity index (χ0v) is 11.1. The molecule has 0 bridgehead atoms. The van der Waals surface area contributed by atoms with Crippen molar-refractivity contribution in [1.29, 1.82) is 0 Å². The first-order chi connectivity index (χ1) is 8.79. The smallest absolute Gasteiger partial charge is 0.426 e. The van der Waals surface area contributed by atoms with Gasteiger partial charge < -0.3 is 15.2 Å². The highest BCUT2D eigenvalue weighted by Gasteiger charge is 2.44. The van der Waals surface area contributed by atoms with Crippen LogP contribution in [0.4, 0.5) is 13.2 Å².